The van der Waals surface area contributed by atoms with Gasteiger partial charge in [-0.2, -0.15) is 0 Å². The minimum atomic E-state index is -0.683. The number of methoxy groups -OCH3 is 1. The van der Waals surface area contributed by atoms with E-state index in [4.69, 9.17) is 4.74 Å². The van der Waals surface area contributed by atoms with E-state index < -0.39 is 11.7 Å². The lowest BCUT2D eigenvalue weighted by Crippen LogP contribution is -2.27. The van der Waals surface area contributed by atoms with E-state index in [9.17, 15) is 14.7 Å². The van der Waals surface area contributed by atoms with Gasteiger partial charge in [-0.3, -0.25) is 9.59 Å². The molecule has 0 spiro atoms. The van der Waals surface area contributed by atoms with Crippen LogP contribution in [0.25, 0.3) is 21.5 Å². The summed E-state index contributed by atoms with van der Waals surface area (Å²) in [5, 5.41) is 15.8. The van der Waals surface area contributed by atoms with E-state index in [1.807, 2.05) is 24.3 Å². The number of ketones is 1. The van der Waals surface area contributed by atoms with Crippen molar-refractivity contribution in [1.29, 1.82) is 0 Å². The number of rotatable bonds is 1. The summed E-state index contributed by atoms with van der Waals surface area (Å²) < 4.78 is 5.16. The topological polar surface area (TPSA) is 75.6 Å². The number of Topliss-reactive ketones (excluding diaryl/α,β-unsaturated/α-hetero) is 1. The smallest absolute Gasteiger partial charge is 0.296 e. The summed E-state index contributed by atoms with van der Waals surface area (Å²) in [6, 6.07) is 10.7. The number of hydrogen-bond donors (Lipinski definition) is 2. The van der Waals surface area contributed by atoms with Crippen molar-refractivity contribution in [1.82, 2.24) is 0 Å². The first-order valence-electron chi connectivity index (χ1n) is 6.73. The van der Waals surface area contributed by atoms with Gasteiger partial charge in [0.2, 0.25) is 0 Å². The number of nitrogens with one attached hydrogen (secondary N) is 1. The van der Waals surface area contributed by atoms with Crippen LogP contribution in [0.15, 0.2) is 36.4 Å². The van der Waals surface area contributed by atoms with Crippen molar-refractivity contribution < 1.29 is 19.4 Å². The van der Waals surface area contributed by atoms with Gasteiger partial charge in [-0.05, 0) is 22.9 Å². The zero-order valence-corrected chi connectivity index (χ0v) is 11.6. The highest BCUT2D eigenvalue weighted by Crippen LogP contribution is 2.45. The molecule has 4 rings (SSSR count). The Balaban J connectivity index is 2.32. The van der Waals surface area contributed by atoms with Crippen molar-refractivity contribution >= 4 is 38.9 Å². The third-order valence-corrected chi connectivity index (χ3v) is 3.98. The molecule has 3 aromatic rings. The second kappa shape index (κ2) is 4.21. The average Bonchev–Trinajstić information content (AvgIpc) is 2.53. The SMILES string of the molecule is COc1cc2c3c(cc4ccccc4c3c1O)NC(=O)C2=O. The number of fused-ring (bicyclic) bond motifs is 2. The molecule has 5 heteroatoms. The predicted octanol–water partition coefficient (Wildman–Crippen LogP) is 2.84. The molecule has 22 heavy (non-hydrogen) atoms. The van der Waals surface area contributed by atoms with Crippen LogP contribution in [0.4, 0.5) is 5.69 Å². The van der Waals surface area contributed by atoms with Crippen LogP contribution in [-0.4, -0.2) is 23.9 Å². The Bertz CT molecular complexity index is 991. The van der Waals surface area contributed by atoms with Crippen LogP contribution in [-0.2, 0) is 4.79 Å². The Kier molecular flexibility index (Phi) is 2.42. The van der Waals surface area contributed by atoms with Crippen LogP contribution in [0.1, 0.15) is 10.4 Å². The average molecular weight is 293 g/mol. The van der Waals surface area contributed by atoms with E-state index in [0.29, 0.717) is 16.5 Å². The zero-order valence-electron chi connectivity index (χ0n) is 11.6. The molecule has 0 atom stereocenters. The van der Waals surface area contributed by atoms with Gasteiger partial charge in [0.15, 0.2) is 11.5 Å². The molecular formula is C17H11NO4. The molecule has 0 saturated heterocycles. The van der Waals surface area contributed by atoms with E-state index in [1.165, 1.54) is 13.2 Å². The lowest BCUT2D eigenvalue weighted by Gasteiger charge is -2.20. The van der Waals surface area contributed by atoms with Crippen molar-refractivity contribution in [3.63, 3.8) is 0 Å². The molecule has 1 heterocycles. The molecule has 0 radical (unpaired) electrons. The van der Waals surface area contributed by atoms with E-state index in [-0.39, 0.29) is 17.1 Å². The van der Waals surface area contributed by atoms with Crippen molar-refractivity contribution in [2.24, 2.45) is 0 Å². The van der Waals surface area contributed by atoms with Crippen LogP contribution in [0, 0.1) is 0 Å². The Morgan fingerprint density at radius 1 is 1.09 bits per heavy atom. The van der Waals surface area contributed by atoms with Crippen molar-refractivity contribution in [3.05, 3.63) is 42.0 Å². The highest BCUT2D eigenvalue weighted by atomic mass is 16.5. The van der Waals surface area contributed by atoms with E-state index in [0.717, 1.165) is 10.8 Å². The van der Waals surface area contributed by atoms with Crippen molar-refractivity contribution in [2.75, 3.05) is 12.4 Å². The molecule has 5 nitrogen and oxygen atoms in total. The molecule has 0 aliphatic carbocycles. The molecule has 108 valence electrons. The van der Waals surface area contributed by atoms with Crippen LogP contribution >= 0.6 is 0 Å². The highest BCUT2D eigenvalue weighted by molar-refractivity contribution is 6.52. The molecule has 1 aliphatic heterocycles. The lowest BCUT2D eigenvalue weighted by atomic mass is 9.91. The Labute approximate surface area is 125 Å². The number of aromatic hydroxyl groups is 1. The standard InChI is InChI=1S/C17H11NO4/c1-22-12-7-10-13-11(18-17(21)15(10)19)6-8-4-2-3-5-9(8)14(13)16(12)20/h2-7,20H,1H3,(H,18,21). The molecule has 0 aromatic heterocycles. The summed E-state index contributed by atoms with van der Waals surface area (Å²) in [5.41, 5.74) is 0.764. The van der Waals surface area contributed by atoms with E-state index in [1.54, 1.807) is 6.07 Å². The Morgan fingerprint density at radius 3 is 2.64 bits per heavy atom. The summed E-state index contributed by atoms with van der Waals surface area (Å²) in [5.74, 6) is -1.18. The third kappa shape index (κ3) is 1.47. The van der Waals surface area contributed by atoms with Crippen LogP contribution < -0.4 is 10.1 Å². The van der Waals surface area contributed by atoms with Gasteiger partial charge < -0.3 is 15.2 Å². The maximum Gasteiger partial charge on any atom is 0.296 e. The second-order valence-electron chi connectivity index (χ2n) is 5.15. The molecule has 1 amide bonds. The van der Waals surface area contributed by atoms with Gasteiger partial charge in [0.05, 0.1) is 12.8 Å². The van der Waals surface area contributed by atoms with Gasteiger partial charge in [-0.15, -0.1) is 0 Å². The fourth-order valence-corrected chi connectivity index (χ4v) is 3.00. The van der Waals surface area contributed by atoms with Gasteiger partial charge in [-0.25, -0.2) is 0 Å². The molecule has 1 aliphatic rings. The molecule has 0 saturated carbocycles. The van der Waals surface area contributed by atoms with Gasteiger partial charge in [0.1, 0.15) is 0 Å². The summed E-state index contributed by atoms with van der Waals surface area (Å²) in [4.78, 5) is 24.0. The summed E-state index contributed by atoms with van der Waals surface area (Å²) in [6.45, 7) is 0. The summed E-state index contributed by atoms with van der Waals surface area (Å²) >= 11 is 0. The molecular weight excluding hydrogens is 282 g/mol. The molecule has 0 bridgehead atoms. The highest BCUT2D eigenvalue weighted by Gasteiger charge is 2.30. The molecule has 0 unspecified atom stereocenters. The van der Waals surface area contributed by atoms with Gasteiger partial charge in [0.25, 0.3) is 11.7 Å². The largest absolute Gasteiger partial charge is 0.504 e. The number of hydrogen-bond acceptors (Lipinski definition) is 4. The van der Waals surface area contributed by atoms with Gasteiger partial charge >= 0.3 is 0 Å². The number of carbonyl (C=O) groups excluding carboxylic acids is 2. The zero-order chi connectivity index (χ0) is 15.4. The molecule has 3 aromatic carbocycles. The summed E-state index contributed by atoms with van der Waals surface area (Å²) in [6.07, 6.45) is 0. The van der Waals surface area contributed by atoms with Crippen LogP contribution in [0.2, 0.25) is 0 Å². The van der Waals surface area contributed by atoms with Gasteiger partial charge in [0, 0.05) is 16.3 Å². The minimum Gasteiger partial charge on any atom is -0.504 e. The van der Waals surface area contributed by atoms with Crippen molar-refractivity contribution in [3.8, 4) is 11.5 Å². The maximum atomic E-state index is 12.2. The molecule has 2 N–H and O–H groups in total. The fourth-order valence-electron chi connectivity index (χ4n) is 3.00. The van der Waals surface area contributed by atoms with Crippen LogP contribution in [0.5, 0.6) is 11.5 Å². The Hall–Kier alpha value is -3.08. The quantitative estimate of drug-likeness (QED) is 0.534. The second-order valence-corrected chi connectivity index (χ2v) is 5.15. The van der Waals surface area contributed by atoms with Crippen LogP contribution in [0.3, 0.4) is 0 Å². The normalized spacial score (nSPS) is 13.5. The number of ether oxygens (including phenoxy) is 1. The van der Waals surface area contributed by atoms with Crippen molar-refractivity contribution in [2.45, 2.75) is 0 Å². The number of phenolic OH excluding ortho intramolecular Hbond substituents is 1. The first-order valence-corrected chi connectivity index (χ1v) is 6.73. The number of anilines is 1. The number of carbonyl (C=O) groups is 2. The van der Waals surface area contributed by atoms with E-state index in [2.05, 4.69) is 5.32 Å². The van der Waals surface area contributed by atoms with Gasteiger partial charge in [-0.1, -0.05) is 24.3 Å². The number of phenols is 1. The Morgan fingerprint density at radius 2 is 1.86 bits per heavy atom. The first-order chi connectivity index (χ1) is 10.6. The molecule has 0 fully saturated rings. The summed E-state index contributed by atoms with van der Waals surface area (Å²) in [7, 11) is 1.41. The monoisotopic (exact) mass is 293 g/mol. The lowest BCUT2D eigenvalue weighted by molar-refractivity contribution is -0.112. The van der Waals surface area contributed by atoms with E-state index >= 15 is 0 Å². The predicted molar refractivity (Wildman–Crippen MR) is 82.6 cm³/mol. The number of amides is 1. The number of benzene rings is 3. The first kappa shape index (κ1) is 12.6. The minimum absolute atomic E-state index is 0.0387. The maximum absolute atomic E-state index is 12.2. The fraction of sp³-hybridized carbons (Fsp3) is 0.0588. The third-order valence-electron chi connectivity index (χ3n) is 3.98.